The van der Waals surface area contributed by atoms with E-state index in [0.717, 1.165) is 6.54 Å². The second-order valence-electron chi connectivity index (χ2n) is 4.19. The Labute approximate surface area is 90.6 Å². The lowest BCUT2D eigenvalue weighted by molar-refractivity contribution is -0.148. The lowest BCUT2D eigenvalue weighted by Crippen LogP contribution is -2.49. The maximum absolute atomic E-state index is 11.8. The molecule has 1 N–H and O–H groups in total. The highest BCUT2D eigenvalue weighted by atomic mass is 16.5. The van der Waals surface area contributed by atoms with Gasteiger partial charge in [-0.1, -0.05) is 0 Å². The Morgan fingerprint density at radius 2 is 2.40 bits per heavy atom. The molecule has 1 heterocycles. The Balaban J connectivity index is 2.44. The summed E-state index contributed by atoms with van der Waals surface area (Å²) in [6.07, 6.45) is -0.882. The summed E-state index contributed by atoms with van der Waals surface area (Å²) >= 11 is 0. The molecule has 5 heteroatoms. The molecule has 5 nitrogen and oxygen atoms in total. The van der Waals surface area contributed by atoms with Crippen molar-refractivity contribution < 1.29 is 14.6 Å². The number of ether oxygens (including phenoxy) is 1. The van der Waals surface area contributed by atoms with Gasteiger partial charge in [-0.3, -0.25) is 4.79 Å². The highest BCUT2D eigenvalue weighted by molar-refractivity contribution is 5.81. The van der Waals surface area contributed by atoms with E-state index < -0.39 is 6.10 Å². The lowest BCUT2D eigenvalue weighted by atomic mass is 10.2. The Morgan fingerprint density at radius 3 is 2.93 bits per heavy atom. The van der Waals surface area contributed by atoms with E-state index in [2.05, 4.69) is 4.90 Å². The monoisotopic (exact) mass is 216 g/mol. The summed E-state index contributed by atoms with van der Waals surface area (Å²) in [5, 5.41) is 9.18. The van der Waals surface area contributed by atoms with Gasteiger partial charge in [0.1, 0.15) is 6.10 Å². The zero-order chi connectivity index (χ0) is 11.4. The van der Waals surface area contributed by atoms with Gasteiger partial charge in [0.2, 0.25) is 0 Å². The minimum absolute atomic E-state index is 0.0533. The number of morpholine rings is 1. The Hall–Kier alpha value is -0.650. The Morgan fingerprint density at radius 1 is 1.73 bits per heavy atom. The molecule has 0 saturated carbocycles. The van der Waals surface area contributed by atoms with Crippen LogP contribution in [0.4, 0.5) is 0 Å². The molecular weight excluding hydrogens is 196 g/mol. The van der Waals surface area contributed by atoms with Gasteiger partial charge in [-0.05, 0) is 14.0 Å². The van der Waals surface area contributed by atoms with E-state index in [9.17, 15) is 9.90 Å². The average Bonchev–Trinajstić information content (AvgIpc) is 2.15. The van der Waals surface area contributed by atoms with Gasteiger partial charge in [0, 0.05) is 26.7 Å². The molecule has 88 valence electrons. The van der Waals surface area contributed by atoms with Gasteiger partial charge in [0.05, 0.1) is 12.7 Å². The molecule has 0 aliphatic carbocycles. The highest BCUT2D eigenvalue weighted by Gasteiger charge is 2.27. The second kappa shape index (κ2) is 5.44. The van der Waals surface area contributed by atoms with Crippen LogP contribution in [0.25, 0.3) is 0 Å². The van der Waals surface area contributed by atoms with Gasteiger partial charge < -0.3 is 19.6 Å². The maximum atomic E-state index is 11.8. The number of likely N-dealkylation sites (N-methyl/N-ethyl adjacent to an activating group) is 2. The molecule has 0 bridgehead atoms. The molecule has 0 spiro atoms. The summed E-state index contributed by atoms with van der Waals surface area (Å²) < 4.78 is 5.40. The van der Waals surface area contributed by atoms with E-state index in [1.807, 2.05) is 7.05 Å². The number of aliphatic hydroxyl groups excluding tert-OH is 1. The summed E-state index contributed by atoms with van der Waals surface area (Å²) in [5.41, 5.74) is 0. The highest BCUT2D eigenvalue weighted by Crippen LogP contribution is 2.06. The zero-order valence-corrected chi connectivity index (χ0v) is 9.64. The van der Waals surface area contributed by atoms with Crippen LogP contribution in [-0.2, 0) is 9.53 Å². The fourth-order valence-electron chi connectivity index (χ4n) is 1.66. The van der Waals surface area contributed by atoms with Crippen LogP contribution in [-0.4, -0.2) is 73.4 Å². The lowest BCUT2D eigenvalue weighted by Gasteiger charge is -2.32. The summed E-state index contributed by atoms with van der Waals surface area (Å²) in [7, 11) is 3.66. The summed E-state index contributed by atoms with van der Waals surface area (Å²) in [5.74, 6) is -0.0533. The predicted molar refractivity (Wildman–Crippen MR) is 56.6 cm³/mol. The largest absolute Gasteiger partial charge is 0.392 e. The van der Waals surface area contributed by atoms with Gasteiger partial charge in [-0.2, -0.15) is 0 Å². The normalized spacial score (nSPS) is 24.9. The van der Waals surface area contributed by atoms with E-state index in [-0.39, 0.29) is 12.0 Å². The second-order valence-corrected chi connectivity index (χ2v) is 4.19. The topological polar surface area (TPSA) is 53.0 Å². The Kier molecular flexibility index (Phi) is 4.50. The van der Waals surface area contributed by atoms with Crippen LogP contribution in [0.2, 0.25) is 0 Å². The number of hydrogen-bond acceptors (Lipinski definition) is 4. The molecule has 0 aromatic rings. The third kappa shape index (κ3) is 3.77. The van der Waals surface area contributed by atoms with E-state index in [1.165, 1.54) is 4.90 Å². The standard InChI is InChI=1S/C10H20N2O3/c1-8(13)6-12(3)10(14)9-7-11(2)4-5-15-9/h8-9,13H,4-7H2,1-3H3. The molecular formula is C10H20N2O3. The van der Waals surface area contributed by atoms with Crippen molar-refractivity contribution in [2.24, 2.45) is 0 Å². The quantitative estimate of drug-likeness (QED) is 0.668. The van der Waals surface area contributed by atoms with E-state index in [1.54, 1.807) is 14.0 Å². The fraction of sp³-hybridized carbons (Fsp3) is 0.900. The number of aliphatic hydroxyl groups is 1. The summed E-state index contributed by atoms with van der Waals surface area (Å²) in [6.45, 7) is 4.10. The number of carbonyl (C=O) groups excluding carboxylic acids is 1. The van der Waals surface area contributed by atoms with E-state index in [0.29, 0.717) is 19.7 Å². The van der Waals surface area contributed by atoms with Crippen molar-refractivity contribution in [1.29, 1.82) is 0 Å². The van der Waals surface area contributed by atoms with Crippen molar-refractivity contribution in [1.82, 2.24) is 9.80 Å². The van der Waals surface area contributed by atoms with Crippen molar-refractivity contribution in [3.05, 3.63) is 0 Å². The first-order valence-electron chi connectivity index (χ1n) is 5.24. The summed E-state index contributed by atoms with van der Waals surface area (Å²) in [4.78, 5) is 15.4. The van der Waals surface area contributed by atoms with Crippen LogP contribution in [0.5, 0.6) is 0 Å². The smallest absolute Gasteiger partial charge is 0.252 e. The molecule has 1 aliphatic rings. The van der Waals surface area contributed by atoms with Crippen molar-refractivity contribution in [3.8, 4) is 0 Å². The van der Waals surface area contributed by atoms with Gasteiger partial charge in [-0.15, -0.1) is 0 Å². The van der Waals surface area contributed by atoms with Crippen LogP contribution >= 0.6 is 0 Å². The van der Waals surface area contributed by atoms with Crippen molar-refractivity contribution in [2.75, 3.05) is 40.3 Å². The van der Waals surface area contributed by atoms with Crippen LogP contribution in [0, 0.1) is 0 Å². The molecule has 1 fully saturated rings. The molecule has 2 unspecified atom stereocenters. The maximum Gasteiger partial charge on any atom is 0.252 e. The SMILES string of the molecule is CC(O)CN(C)C(=O)C1CN(C)CCO1. The molecule has 0 aromatic heterocycles. The van der Waals surface area contributed by atoms with Crippen LogP contribution < -0.4 is 0 Å². The zero-order valence-electron chi connectivity index (χ0n) is 9.64. The number of nitrogens with zero attached hydrogens (tertiary/aromatic N) is 2. The average molecular weight is 216 g/mol. The molecule has 1 saturated heterocycles. The molecule has 0 aromatic carbocycles. The number of hydrogen-bond donors (Lipinski definition) is 1. The van der Waals surface area contributed by atoms with Gasteiger partial charge in [0.15, 0.2) is 0 Å². The third-order valence-corrected chi connectivity index (χ3v) is 2.46. The van der Waals surface area contributed by atoms with E-state index >= 15 is 0 Å². The first kappa shape index (κ1) is 12.4. The number of amides is 1. The number of rotatable bonds is 3. The molecule has 2 atom stereocenters. The first-order chi connectivity index (χ1) is 7.00. The summed E-state index contributed by atoms with van der Waals surface area (Å²) in [6, 6.07) is 0. The van der Waals surface area contributed by atoms with E-state index in [4.69, 9.17) is 4.74 Å². The van der Waals surface area contributed by atoms with Crippen molar-refractivity contribution >= 4 is 5.91 Å². The van der Waals surface area contributed by atoms with Crippen LogP contribution in [0.15, 0.2) is 0 Å². The predicted octanol–water partition coefficient (Wildman–Crippen LogP) is -0.844. The number of carbonyl (C=O) groups is 1. The molecule has 1 rings (SSSR count). The first-order valence-corrected chi connectivity index (χ1v) is 5.24. The molecule has 1 aliphatic heterocycles. The van der Waals surface area contributed by atoms with Crippen molar-refractivity contribution in [3.63, 3.8) is 0 Å². The molecule has 1 amide bonds. The fourth-order valence-corrected chi connectivity index (χ4v) is 1.66. The molecule has 0 radical (unpaired) electrons. The minimum atomic E-state index is -0.500. The van der Waals surface area contributed by atoms with Crippen LogP contribution in [0.3, 0.4) is 0 Å². The van der Waals surface area contributed by atoms with Gasteiger partial charge in [-0.25, -0.2) is 0 Å². The molecule has 15 heavy (non-hydrogen) atoms. The Bertz CT molecular complexity index is 221. The van der Waals surface area contributed by atoms with Gasteiger partial charge >= 0.3 is 0 Å². The third-order valence-electron chi connectivity index (χ3n) is 2.46. The van der Waals surface area contributed by atoms with Crippen LogP contribution in [0.1, 0.15) is 6.92 Å². The minimum Gasteiger partial charge on any atom is -0.392 e. The van der Waals surface area contributed by atoms with Gasteiger partial charge in [0.25, 0.3) is 5.91 Å². The van der Waals surface area contributed by atoms with Crippen molar-refractivity contribution in [2.45, 2.75) is 19.1 Å².